The fourth-order valence-corrected chi connectivity index (χ4v) is 3.88. The summed E-state index contributed by atoms with van der Waals surface area (Å²) in [6.45, 7) is 5.94. The fourth-order valence-electron chi connectivity index (χ4n) is 3.88. The second-order valence-corrected chi connectivity index (χ2v) is 7.29. The molecule has 0 atom stereocenters. The average molecular weight is 355 g/mol. The molecular formula is C23H21N3O. The molecule has 0 unspecified atom stereocenters. The van der Waals surface area contributed by atoms with E-state index in [0.29, 0.717) is 0 Å². The van der Waals surface area contributed by atoms with Crippen LogP contribution in [0.5, 0.6) is 0 Å². The number of nitrogens with zero attached hydrogens (tertiary/aromatic N) is 3. The number of benzene rings is 2. The monoisotopic (exact) mass is 355 g/mol. The Morgan fingerprint density at radius 1 is 1.00 bits per heavy atom. The first-order chi connectivity index (χ1) is 13.2. The molecule has 134 valence electrons. The van der Waals surface area contributed by atoms with Crippen LogP contribution in [-0.2, 0) is 13.0 Å². The van der Waals surface area contributed by atoms with Crippen LogP contribution in [0, 0.1) is 13.8 Å². The minimum Gasteiger partial charge on any atom is -0.360 e. The molecule has 0 radical (unpaired) electrons. The summed E-state index contributed by atoms with van der Waals surface area (Å²) in [5.74, 6) is 2.02. The molecule has 0 aliphatic carbocycles. The SMILES string of the molecule is Cc1ccc2nc(N3CCc4onc(-c5ccccc5)c4C3)cc(C)c2c1. The number of pyridine rings is 1. The molecule has 0 bridgehead atoms. The third kappa shape index (κ3) is 2.78. The lowest BCUT2D eigenvalue weighted by atomic mass is 10.0. The minimum atomic E-state index is 0.771. The molecule has 1 aliphatic heterocycles. The molecule has 1 aliphatic rings. The Morgan fingerprint density at radius 2 is 1.85 bits per heavy atom. The van der Waals surface area contributed by atoms with Crippen molar-refractivity contribution in [2.75, 3.05) is 11.4 Å². The van der Waals surface area contributed by atoms with Crippen molar-refractivity contribution in [1.82, 2.24) is 10.1 Å². The summed E-state index contributed by atoms with van der Waals surface area (Å²) in [6.07, 6.45) is 0.849. The topological polar surface area (TPSA) is 42.2 Å². The van der Waals surface area contributed by atoms with E-state index < -0.39 is 0 Å². The van der Waals surface area contributed by atoms with E-state index in [2.05, 4.69) is 60.3 Å². The van der Waals surface area contributed by atoms with Gasteiger partial charge in [0.15, 0.2) is 0 Å². The number of fused-ring (bicyclic) bond motifs is 2. The Morgan fingerprint density at radius 3 is 2.70 bits per heavy atom. The van der Waals surface area contributed by atoms with Gasteiger partial charge in [-0.1, -0.05) is 47.1 Å². The Bertz CT molecular complexity index is 1130. The summed E-state index contributed by atoms with van der Waals surface area (Å²) in [5.41, 5.74) is 6.80. The number of aryl methyl sites for hydroxylation is 2. The molecule has 4 heteroatoms. The number of aromatic nitrogens is 2. The molecular weight excluding hydrogens is 334 g/mol. The Kier molecular flexibility index (Phi) is 3.71. The maximum absolute atomic E-state index is 5.64. The van der Waals surface area contributed by atoms with Crippen LogP contribution in [0.4, 0.5) is 5.82 Å². The van der Waals surface area contributed by atoms with Crippen molar-refractivity contribution >= 4 is 16.7 Å². The van der Waals surface area contributed by atoms with E-state index in [1.165, 1.54) is 22.1 Å². The molecule has 2 aromatic carbocycles. The molecule has 0 N–H and O–H groups in total. The third-order valence-corrected chi connectivity index (χ3v) is 5.36. The van der Waals surface area contributed by atoms with Crippen molar-refractivity contribution in [2.45, 2.75) is 26.8 Å². The standard InChI is InChI=1S/C23H21N3O/c1-15-8-9-20-18(12-15)16(2)13-22(24-20)26-11-10-21-19(14-26)23(25-27-21)17-6-4-3-5-7-17/h3-9,12-13H,10-11,14H2,1-2H3. The van der Waals surface area contributed by atoms with Gasteiger partial charge in [-0.25, -0.2) is 4.98 Å². The van der Waals surface area contributed by atoms with Crippen LogP contribution in [-0.4, -0.2) is 16.7 Å². The molecule has 2 aromatic heterocycles. The predicted molar refractivity (Wildman–Crippen MR) is 108 cm³/mol. The highest BCUT2D eigenvalue weighted by Gasteiger charge is 2.26. The van der Waals surface area contributed by atoms with E-state index in [9.17, 15) is 0 Å². The first-order valence-corrected chi connectivity index (χ1v) is 9.35. The molecule has 0 saturated carbocycles. The first-order valence-electron chi connectivity index (χ1n) is 9.35. The van der Waals surface area contributed by atoms with Crippen molar-refractivity contribution in [3.63, 3.8) is 0 Å². The second kappa shape index (κ2) is 6.23. The third-order valence-electron chi connectivity index (χ3n) is 5.36. The van der Waals surface area contributed by atoms with Gasteiger partial charge in [0, 0.05) is 29.5 Å². The highest BCUT2D eigenvalue weighted by Crippen LogP contribution is 2.32. The second-order valence-electron chi connectivity index (χ2n) is 7.29. The largest absolute Gasteiger partial charge is 0.360 e. The Labute approximate surface area is 158 Å². The van der Waals surface area contributed by atoms with E-state index in [4.69, 9.17) is 9.51 Å². The maximum Gasteiger partial charge on any atom is 0.144 e. The lowest BCUT2D eigenvalue weighted by Gasteiger charge is -2.28. The first kappa shape index (κ1) is 16.1. The summed E-state index contributed by atoms with van der Waals surface area (Å²) >= 11 is 0. The van der Waals surface area contributed by atoms with E-state index in [-0.39, 0.29) is 0 Å². The predicted octanol–water partition coefficient (Wildman–Crippen LogP) is 5.07. The zero-order valence-electron chi connectivity index (χ0n) is 15.6. The molecule has 5 rings (SSSR count). The zero-order chi connectivity index (χ0) is 18.4. The van der Waals surface area contributed by atoms with Crippen molar-refractivity contribution in [2.24, 2.45) is 0 Å². The van der Waals surface area contributed by atoms with Crippen molar-refractivity contribution in [3.8, 4) is 11.3 Å². The van der Waals surface area contributed by atoms with Crippen LogP contribution in [0.15, 0.2) is 59.1 Å². The van der Waals surface area contributed by atoms with Gasteiger partial charge in [-0.3, -0.25) is 0 Å². The van der Waals surface area contributed by atoms with Gasteiger partial charge in [0.05, 0.1) is 12.1 Å². The van der Waals surface area contributed by atoms with Crippen molar-refractivity contribution in [1.29, 1.82) is 0 Å². The Hall–Kier alpha value is -3.14. The Balaban J connectivity index is 1.54. The van der Waals surface area contributed by atoms with Crippen molar-refractivity contribution in [3.05, 3.63) is 77.0 Å². The quantitative estimate of drug-likeness (QED) is 0.503. The van der Waals surface area contributed by atoms with Gasteiger partial charge in [-0.05, 0) is 37.6 Å². The molecule has 27 heavy (non-hydrogen) atoms. The number of anilines is 1. The van der Waals surface area contributed by atoms with Crippen LogP contribution in [0.25, 0.3) is 22.2 Å². The molecule has 0 spiro atoms. The summed E-state index contributed by atoms with van der Waals surface area (Å²) in [6, 6.07) is 18.9. The summed E-state index contributed by atoms with van der Waals surface area (Å²) < 4.78 is 5.64. The zero-order valence-corrected chi connectivity index (χ0v) is 15.6. The van der Waals surface area contributed by atoms with Gasteiger partial charge >= 0.3 is 0 Å². The lowest BCUT2D eigenvalue weighted by Crippen LogP contribution is -2.30. The van der Waals surface area contributed by atoms with Crippen LogP contribution in [0.3, 0.4) is 0 Å². The van der Waals surface area contributed by atoms with Crippen molar-refractivity contribution < 1.29 is 4.52 Å². The maximum atomic E-state index is 5.64. The molecule has 0 amide bonds. The van der Waals surface area contributed by atoms with Gasteiger partial charge in [0.25, 0.3) is 0 Å². The number of hydrogen-bond donors (Lipinski definition) is 0. The van der Waals surface area contributed by atoms with E-state index in [0.717, 1.165) is 47.9 Å². The van der Waals surface area contributed by atoms with Crippen LogP contribution >= 0.6 is 0 Å². The average Bonchev–Trinajstić information content (AvgIpc) is 3.12. The van der Waals surface area contributed by atoms with E-state index in [1.807, 2.05) is 18.2 Å². The van der Waals surface area contributed by atoms with Crippen LogP contribution in [0.2, 0.25) is 0 Å². The van der Waals surface area contributed by atoms with Crippen LogP contribution < -0.4 is 4.90 Å². The smallest absolute Gasteiger partial charge is 0.144 e. The molecule has 0 saturated heterocycles. The van der Waals surface area contributed by atoms with Gasteiger partial charge < -0.3 is 9.42 Å². The number of hydrogen-bond acceptors (Lipinski definition) is 4. The van der Waals surface area contributed by atoms with Gasteiger partial charge in [-0.2, -0.15) is 0 Å². The van der Waals surface area contributed by atoms with Gasteiger partial charge in [-0.15, -0.1) is 0 Å². The normalized spacial score (nSPS) is 13.8. The molecule has 4 aromatic rings. The van der Waals surface area contributed by atoms with E-state index >= 15 is 0 Å². The minimum absolute atomic E-state index is 0.771. The van der Waals surface area contributed by atoms with E-state index in [1.54, 1.807) is 0 Å². The molecule has 4 nitrogen and oxygen atoms in total. The lowest BCUT2D eigenvalue weighted by molar-refractivity contribution is 0.379. The van der Waals surface area contributed by atoms with Crippen LogP contribution in [0.1, 0.15) is 22.5 Å². The number of rotatable bonds is 2. The van der Waals surface area contributed by atoms with Gasteiger partial charge in [0.1, 0.15) is 17.3 Å². The molecule has 3 heterocycles. The highest BCUT2D eigenvalue weighted by atomic mass is 16.5. The van der Waals surface area contributed by atoms with Gasteiger partial charge in [0.2, 0.25) is 0 Å². The highest BCUT2D eigenvalue weighted by molar-refractivity contribution is 5.84. The summed E-state index contributed by atoms with van der Waals surface area (Å²) in [7, 11) is 0. The summed E-state index contributed by atoms with van der Waals surface area (Å²) in [5, 5.41) is 5.58. The molecule has 0 fully saturated rings. The summed E-state index contributed by atoms with van der Waals surface area (Å²) in [4.78, 5) is 7.27. The fraction of sp³-hybridized carbons (Fsp3) is 0.217.